The fraction of sp³-hybridized carbons (Fsp3) is 0.636. The maximum absolute atomic E-state index is 12.1. The molecule has 1 aromatic heterocycles. The molecule has 1 aliphatic heterocycles. The Hall–Kier alpha value is -1.52. The molecule has 88 valence electrons. The van der Waals surface area contributed by atoms with Crippen LogP contribution in [0.2, 0.25) is 0 Å². The van der Waals surface area contributed by atoms with E-state index >= 15 is 0 Å². The molecule has 2 heterocycles. The summed E-state index contributed by atoms with van der Waals surface area (Å²) < 4.78 is 1.58. The SMILES string of the molecule is CCC1CCN(C(=O)c2nn(C)cc2N)C1. The number of rotatable bonds is 2. The quantitative estimate of drug-likeness (QED) is 0.807. The monoisotopic (exact) mass is 222 g/mol. The Balaban J connectivity index is 2.11. The molecule has 2 N–H and O–H groups in total. The predicted octanol–water partition coefficient (Wildman–Crippen LogP) is 0.874. The van der Waals surface area contributed by atoms with Gasteiger partial charge in [0, 0.05) is 26.3 Å². The molecule has 1 aliphatic rings. The predicted molar refractivity (Wildman–Crippen MR) is 61.9 cm³/mol. The largest absolute Gasteiger partial charge is 0.396 e. The molecule has 1 aromatic rings. The molecule has 2 rings (SSSR count). The lowest BCUT2D eigenvalue weighted by Crippen LogP contribution is -2.29. The zero-order valence-electron chi connectivity index (χ0n) is 9.81. The van der Waals surface area contributed by atoms with Gasteiger partial charge in [-0.1, -0.05) is 13.3 Å². The van der Waals surface area contributed by atoms with Crippen LogP contribution in [0.15, 0.2) is 6.20 Å². The van der Waals surface area contributed by atoms with Crippen molar-refractivity contribution in [3.05, 3.63) is 11.9 Å². The van der Waals surface area contributed by atoms with Gasteiger partial charge in [0.15, 0.2) is 5.69 Å². The molecular formula is C11H18N4O. The minimum absolute atomic E-state index is 0.0333. The second-order valence-electron chi connectivity index (χ2n) is 4.42. The van der Waals surface area contributed by atoms with Gasteiger partial charge in [0.2, 0.25) is 0 Å². The van der Waals surface area contributed by atoms with E-state index in [2.05, 4.69) is 12.0 Å². The van der Waals surface area contributed by atoms with Crippen molar-refractivity contribution >= 4 is 11.6 Å². The number of aromatic nitrogens is 2. The van der Waals surface area contributed by atoms with Gasteiger partial charge in [-0.05, 0) is 12.3 Å². The maximum atomic E-state index is 12.1. The van der Waals surface area contributed by atoms with Crippen molar-refractivity contribution in [1.82, 2.24) is 14.7 Å². The second-order valence-corrected chi connectivity index (χ2v) is 4.42. The van der Waals surface area contributed by atoms with Gasteiger partial charge in [-0.3, -0.25) is 9.48 Å². The number of anilines is 1. The van der Waals surface area contributed by atoms with Crippen LogP contribution in [0.3, 0.4) is 0 Å². The van der Waals surface area contributed by atoms with Crippen LogP contribution in [-0.4, -0.2) is 33.7 Å². The van der Waals surface area contributed by atoms with E-state index in [0.717, 1.165) is 25.9 Å². The van der Waals surface area contributed by atoms with E-state index in [9.17, 15) is 4.79 Å². The van der Waals surface area contributed by atoms with Crippen molar-refractivity contribution in [3.63, 3.8) is 0 Å². The van der Waals surface area contributed by atoms with E-state index in [4.69, 9.17) is 5.73 Å². The number of likely N-dealkylation sites (tertiary alicyclic amines) is 1. The molecule has 1 saturated heterocycles. The molecule has 16 heavy (non-hydrogen) atoms. The summed E-state index contributed by atoms with van der Waals surface area (Å²) >= 11 is 0. The number of hydrogen-bond acceptors (Lipinski definition) is 3. The third-order valence-corrected chi connectivity index (χ3v) is 3.21. The Morgan fingerprint density at radius 2 is 2.44 bits per heavy atom. The summed E-state index contributed by atoms with van der Waals surface area (Å²) in [4.78, 5) is 14.0. The molecule has 0 bridgehead atoms. The van der Waals surface area contributed by atoms with Crippen molar-refractivity contribution in [2.45, 2.75) is 19.8 Å². The number of carbonyl (C=O) groups is 1. The molecule has 0 saturated carbocycles. The highest BCUT2D eigenvalue weighted by molar-refractivity contribution is 5.97. The number of nitrogens with zero attached hydrogens (tertiary/aromatic N) is 3. The molecule has 0 aromatic carbocycles. The van der Waals surface area contributed by atoms with Gasteiger partial charge in [-0.2, -0.15) is 5.10 Å². The maximum Gasteiger partial charge on any atom is 0.276 e. The summed E-state index contributed by atoms with van der Waals surface area (Å²) in [5, 5.41) is 4.11. The van der Waals surface area contributed by atoms with Gasteiger partial charge < -0.3 is 10.6 Å². The normalized spacial score (nSPS) is 20.4. The first-order valence-corrected chi connectivity index (χ1v) is 5.70. The van der Waals surface area contributed by atoms with Crippen LogP contribution in [0, 0.1) is 5.92 Å². The van der Waals surface area contributed by atoms with Crippen molar-refractivity contribution < 1.29 is 4.79 Å². The first kappa shape index (κ1) is 11.0. The minimum Gasteiger partial charge on any atom is -0.396 e. The first-order valence-electron chi connectivity index (χ1n) is 5.70. The second kappa shape index (κ2) is 4.15. The first-order chi connectivity index (χ1) is 7.61. The van der Waals surface area contributed by atoms with E-state index in [1.807, 2.05) is 4.90 Å². The number of amides is 1. The zero-order valence-corrected chi connectivity index (χ0v) is 9.81. The fourth-order valence-electron chi connectivity index (χ4n) is 2.17. The highest BCUT2D eigenvalue weighted by Gasteiger charge is 2.28. The van der Waals surface area contributed by atoms with Gasteiger partial charge in [-0.25, -0.2) is 0 Å². The Bertz CT molecular complexity index is 399. The molecule has 5 nitrogen and oxygen atoms in total. The topological polar surface area (TPSA) is 64.2 Å². The van der Waals surface area contributed by atoms with Crippen LogP contribution in [0.5, 0.6) is 0 Å². The van der Waals surface area contributed by atoms with Crippen LogP contribution >= 0.6 is 0 Å². The van der Waals surface area contributed by atoms with E-state index in [1.165, 1.54) is 0 Å². The Morgan fingerprint density at radius 3 is 2.94 bits per heavy atom. The van der Waals surface area contributed by atoms with Gasteiger partial charge in [0.25, 0.3) is 5.91 Å². The van der Waals surface area contributed by atoms with E-state index in [0.29, 0.717) is 17.3 Å². The van der Waals surface area contributed by atoms with Crippen LogP contribution < -0.4 is 5.73 Å². The molecule has 1 atom stereocenters. The third kappa shape index (κ3) is 1.89. The lowest BCUT2D eigenvalue weighted by atomic mass is 10.1. The molecular weight excluding hydrogens is 204 g/mol. The fourth-order valence-corrected chi connectivity index (χ4v) is 2.17. The lowest BCUT2D eigenvalue weighted by molar-refractivity contribution is 0.0781. The Morgan fingerprint density at radius 1 is 1.69 bits per heavy atom. The van der Waals surface area contributed by atoms with Crippen LogP contribution in [0.1, 0.15) is 30.3 Å². The van der Waals surface area contributed by atoms with E-state index < -0.39 is 0 Å². The average Bonchev–Trinajstić information content (AvgIpc) is 2.84. The van der Waals surface area contributed by atoms with Crippen molar-refractivity contribution in [2.75, 3.05) is 18.8 Å². The standard InChI is InChI=1S/C11H18N4O/c1-3-8-4-5-15(6-8)11(16)10-9(12)7-14(2)13-10/h7-8H,3-6,12H2,1-2H3. The summed E-state index contributed by atoms with van der Waals surface area (Å²) in [6, 6.07) is 0. The summed E-state index contributed by atoms with van der Waals surface area (Å²) in [5.74, 6) is 0.600. The van der Waals surface area contributed by atoms with Crippen LogP contribution in [0.25, 0.3) is 0 Å². The Kier molecular flexibility index (Phi) is 2.85. The van der Waals surface area contributed by atoms with Crippen molar-refractivity contribution in [1.29, 1.82) is 0 Å². The molecule has 1 amide bonds. The highest BCUT2D eigenvalue weighted by Crippen LogP contribution is 2.22. The molecule has 0 aliphatic carbocycles. The van der Waals surface area contributed by atoms with Gasteiger partial charge in [0.05, 0.1) is 5.69 Å². The molecule has 1 fully saturated rings. The van der Waals surface area contributed by atoms with Crippen LogP contribution in [-0.2, 0) is 7.05 Å². The minimum atomic E-state index is -0.0333. The van der Waals surface area contributed by atoms with Gasteiger partial charge in [-0.15, -0.1) is 0 Å². The lowest BCUT2D eigenvalue weighted by Gasteiger charge is -2.14. The third-order valence-electron chi connectivity index (χ3n) is 3.21. The van der Waals surface area contributed by atoms with Crippen molar-refractivity contribution in [2.24, 2.45) is 13.0 Å². The Labute approximate surface area is 95.2 Å². The smallest absolute Gasteiger partial charge is 0.276 e. The van der Waals surface area contributed by atoms with E-state index in [1.54, 1.807) is 17.9 Å². The molecule has 0 spiro atoms. The highest BCUT2D eigenvalue weighted by atomic mass is 16.2. The van der Waals surface area contributed by atoms with Gasteiger partial charge in [0.1, 0.15) is 0 Å². The van der Waals surface area contributed by atoms with Gasteiger partial charge >= 0.3 is 0 Å². The molecule has 1 unspecified atom stereocenters. The summed E-state index contributed by atoms with van der Waals surface area (Å²) in [5.41, 5.74) is 6.60. The number of nitrogens with two attached hydrogens (primary N) is 1. The molecule has 0 radical (unpaired) electrons. The average molecular weight is 222 g/mol. The summed E-state index contributed by atoms with van der Waals surface area (Å²) in [6.07, 6.45) is 3.89. The number of carbonyl (C=O) groups excluding carboxylic acids is 1. The number of hydrogen-bond donors (Lipinski definition) is 1. The van der Waals surface area contributed by atoms with E-state index in [-0.39, 0.29) is 5.91 Å². The zero-order chi connectivity index (χ0) is 11.7. The summed E-state index contributed by atoms with van der Waals surface area (Å²) in [7, 11) is 1.77. The van der Waals surface area contributed by atoms with Crippen molar-refractivity contribution in [3.8, 4) is 0 Å². The van der Waals surface area contributed by atoms with Crippen LogP contribution in [0.4, 0.5) is 5.69 Å². The summed E-state index contributed by atoms with van der Waals surface area (Å²) in [6.45, 7) is 3.83. The number of aryl methyl sites for hydroxylation is 1. The number of nitrogen functional groups attached to an aromatic ring is 1. The molecule has 5 heteroatoms.